The Morgan fingerprint density at radius 3 is 0.782 bits per heavy atom. The molecule has 0 saturated heterocycles. The highest BCUT2D eigenvalue weighted by molar-refractivity contribution is 5.76. The molecule has 0 aliphatic rings. The molecule has 3 N–H and O–H groups in total. The topological polar surface area (TPSA) is 95.9 Å². The summed E-state index contributed by atoms with van der Waals surface area (Å²) in [4.78, 5) is 24.6. The summed E-state index contributed by atoms with van der Waals surface area (Å²) in [7, 11) is 0. The number of unbranched alkanes of at least 4 members (excludes halogenated alkanes) is 58. The summed E-state index contributed by atoms with van der Waals surface area (Å²) >= 11 is 0. The molecule has 2 unspecified atom stereocenters. The first-order valence-corrected chi connectivity index (χ1v) is 36.3. The first-order valence-electron chi connectivity index (χ1n) is 36.3. The molecule has 0 aliphatic carbocycles. The maximum atomic E-state index is 12.6. The van der Waals surface area contributed by atoms with Crippen molar-refractivity contribution < 1.29 is 24.5 Å². The zero-order chi connectivity index (χ0) is 56.4. The van der Waals surface area contributed by atoms with Crippen molar-refractivity contribution in [3.63, 3.8) is 0 Å². The molecule has 0 aliphatic heterocycles. The van der Waals surface area contributed by atoms with Crippen LogP contribution >= 0.6 is 0 Å². The van der Waals surface area contributed by atoms with Crippen molar-refractivity contribution in [3.8, 4) is 0 Å². The van der Waals surface area contributed by atoms with Gasteiger partial charge in [0, 0.05) is 12.8 Å². The number of nitrogens with one attached hydrogen (secondary N) is 1. The van der Waals surface area contributed by atoms with Crippen LogP contribution in [0.4, 0.5) is 0 Å². The summed E-state index contributed by atoms with van der Waals surface area (Å²) in [5, 5.41) is 23.5. The smallest absolute Gasteiger partial charge is 0.305 e. The molecule has 0 rings (SSSR count). The van der Waals surface area contributed by atoms with Gasteiger partial charge >= 0.3 is 5.97 Å². The van der Waals surface area contributed by atoms with E-state index in [0.29, 0.717) is 25.9 Å². The molecule has 466 valence electrons. The van der Waals surface area contributed by atoms with Crippen LogP contribution < -0.4 is 5.32 Å². The van der Waals surface area contributed by atoms with Gasteiger partial charge in [-0.2, -0.15) is 0 Å². The molecule has 78 heavy (non-hydrogen) atoms. The molecule has 0 heterocycles. The van der Waals surface area contributed by atoms with Crippen LogP contribution in [0, 0.1) is 0 Å². The van der Waals surface area contributed by atoms with Crippen molar-refractivity contribution in [2.24, 2.45) is 0 Å². The number of hydrogen-bond acceptors (Lipinski definition) is 5. The van der Waals surface area contributed by atoms with Gasteiger partial charge in [-0.25, -0.2) is 0 Å². The highest BCUT2D eigenvalue weighted by atomic mass is 16.5. The fourth-order valence-corrected chi connectivity index (χ4v) is 11.9. The van der Waals surface area contributed by atoms with Crippen molar-refractivity contribution in [1.29, 1.82) is 0 Å². The van der Waals surface area contributed by atoms with Gasteiger partial charge in [0.25, 0.3) is 0 Å². The van der Waals surface area contributed by atoms with Crippen LogP contribution in [0.2, 0.25) is 0 Å². The van der Waals surface area contributed by atoms with Crippen LogP contribution in [-0.4, -0.2) is 47.4 Å². The van der Waals surface area contributed by atoms with Crippen LogP contribution in [0.1, 0.15) is 425 Å². The third-order valence-electron chi connectivity index (χ3n) is 17.4. The highest BCUT2D eigenvalue weighted by Crippen LogP contribution is 2.20. The van der Waals surface area contributed by atoms with Gasteiger partial charge in [-0.15, -0.1) is 0 Å². The Kier molecular flexibility index (Phi) is 67.4. The average molecular weight is 1100 g/mol. The number of rotatable bonds is 69. The van der Waals surface area contributed by atoms with Gasteiger partial charge in [-0.3, -0.25) is 9.59 Å². The molecular formula is C72H143NO5. The SMILES string of the molecule is CCCCCCCCCCCCCCCCCCCCCCCCCCC(O)C(CO)NC(=O)CCCCCCCCCCCCCCCCCCCCCCCCCCOC(=O)CCCCCCCCCCCCCCC. The Bertz CT molecular complexity index is 1130. The number of hydrogen-bond donors (Lipinski definition) is 3. The van der Waals surface area contributed by atoms with Gasteiger partial charge in [0.15, 0.2) is 0 Å². The molecule has 0 spiro atoms. The second-order valence-corrected chi connectivity index (χ2v) is 25.3. The minimum absolute atomic E-state index is 0.0186. The van der Waals surface area contributed by atoms with E-state index in [4.69, 9.17) is 4.74 Å². The van der Waals surface area contributed by atoms with E-state index in [0.717, 1.165) is 38.5 Å². The minimum atomic E-state index is -0.664. The van der Waals surface area contributed by atoms with Gasteiger partial charge in [0.1, 0.15) is 0 Å². The molecular weight excluding hydrogens is 959 g/mol. The second-order valence-electron chi connectivity index (χ2n) is 25.3. The first kappa shape index (κ1) is 76.9. The fraction of sp³-hybridized carbons (Fsp3) is 0.972. The molecule has 0 fully saturated rings. The van der Waals surface area contributed by atoms with Crippen molar-refractivity contribution in [3.05, 3.63) is 0 Å². The van der Waals surface area contributed by atoms with Crippen LogP contribution in [0.3, 0.4) is 0 Å². The largest absolute Gasteiger partial charge is 0.466 e. The van der Waals surface area contributed by atoms with Crippen LogP contribution in [-0.2, 0) is 14.3 Å². The molecule has 0 aromatic rings. The lowest BCUT2D eigenvalue weighted by Gasteiger charge is -2.22. The molecule has 6 heteroatoms. The lowest BCUT2D eigenvalue weighted by molar-refractivity contribution is -0.143. The lowest BCUT2D eigenvalue weighted by atomic mass is 10.0. The molecule has 2 atom stereocenters. The number of amides is 1. The van der Waals surface area contributed by atoms with E-state index in [2.05, 4.69) is 19.2 Å². The number of aliphatic hydroxyl groups excluding tert-OH is 2. The van der Waals surface area contributed by atoms with Crippen molar-refractivity contribution >= 4 is 11.9 Å². The molecule has 0 radical (unpaired) electrons. The van der Waals surface area contributed by atoms with Gasteiger partial charge in [-0.1, -0.05) is 386 Å². The monoisotopic (exact) mass is 1100 g/mol. The van der Waals surface area contributed by atoms with Crippen LogP contribution in [0.15, 0.2) is 0 Å². The van der Waals surface area contributed by atoms with E-state index >= 15 is 0 Å². The summed E-state index contributed by atoms with van der Waals surface area (Å²) in [5.74, 6) is -0.00913. The molecule has 0 aromatic carbocycles. The number of aliphatic hydroxyl groups is 2. The van der Waals surface area contributed by atoms with Crippen molar-refractivity contribution in [1.82, 2.24) is 5.32 Å². The standard InChI is InChI=1S/C72H143NO5/c1-3-5-7-9-11-13-15-17-18-19-20-21-22-25-28-31-34-37-41-44-48-52-56-60-64-70(75)69(68-74)73-71(76)65-61-57-53-49-45-42-38-35-32-29-26-23-24-27-30-33-36-39-43-47-51-55-59-63-67-78-72(77)66-62-58-54-50-46-40-16-14-12-10-8-6-4-2/h69-70,74-75H,3-68H2,1-2H3,(H,73,76). The molecule has 0 bridgehead atoms. The third kappa shape index (κ3) is 64.0. The Balaban J connectivity index is 3.36. The van der Waals surface area contributed by atoms with Gasteiger partial charge in [0.05, 0.1) is 25.4 Å². The second kappa shape index (κ2) is 68.4. The van der Waals surface area contributed by atoms with E-state index in [1.807, 2.05) is 0 Å². The average Bonchev–Trinajstić information content (AvgIpc) is 3.44. The third-order valence-corrected chi connectivity index (χ3v) is 17.4. The maximum absolute atomic E-state index is 12.6. The number of ether oxygens (including phenoxy) is 1. The Labute approximate surface area is 489 Å². The number of esters is 1. The molecule has 6 nitrogen and oxygen atoms in total. The lowest BCUT2D eigenvalue weighted by Crippen LogP contribution is -2.45. The van der Waals surface area contributed by atoms with Crippen molar-refractivity contribution in [2.45, 2.75) is 437 Å². The van der Waals surface area contributed by atoms with E-state index in [1.165, 1.54) is 353 Å². The summed E-state index contributed by atoms with van der Waals surface area (Å²) < 4.78 is 5.49. The summed E-state index contributed by atoms with van der Waals surface area (Å²) in [5.41, 5.74) is 0. The van der Waals surface area contributed by atoms with E-state index in [-0.39, 0.29) is 18.5 Å². The normalized spacial score (nSPS) is 12.4. The summed E-state index contributed by atoms with van der Waals surface area (Å²) in [6.45, 7) is 5.01. The Hall–Kier alpha value is -1.14. The minimum Gasteiger partial charge on any atom is -0.466 e. The Morgan fingerprint density at radius 2 is 0.526 bits per heavy atom. The maximum Gasteiger partial charge on any atom is 0.305 e. The molecule has 0 aromatic heterocycles. The quantitative estimate of drug-likeness (QED) is 0.0417. The van der Waals surface area contributed by atoms with E-state index in [1.54, 1.807) is 0 Å². The molecule has 1 amide bonds. The number of carbonyl (C=O) groups excluding carboxylic acids is 2. The number of carbonyl (C=O) groups is 2. The van der Waals surface area contributed by atoms with Gasteiger partial charge in [0.2, 0.25) is 5.91 Å². The van der Waals surface area contributed by atoms with Gasteiger partial charge < -0.3 is 20.3 Å². The fourth-order valence-electron chi connectivity index (χ4n) is 11.9. The van der Waals surface area contributed by atoms with Crippen LogP contribution in [0.5, 0.6) is 0 Å². The predicted molar refractivity (Wildman–Crippen MR) is 343 cm³/mol. The summed E-state index contributed by atoms with van der Waals surface area (Å²) in [6, 6.07) is -0.541. The van der Waals surface area contributed by atoms with E-state index in [9.17, 15) is 19.8 Å². The zero-order valence-electron chi connectivity index (χ0n) is 53.4. The predicted octanol–water partition coefficient (Wildman–Crippen LogP) is 23.4. The summed E-state index contributed by atoms with van der Waals surface area (Å²) in [6.07, 6.45) is 83.0. The van der Waals surface area contributed by atoms with Crippen molar-refractivity contribution in [2.75, 3.05) is 13.2 Å². The van der Waals surface area contributed by atoms with E-state index < -0.39 is 12.1 Å². The highest BCUT2D eigenvalue weighted by Gasteiger charge is 2.20. The Morgan fingerprint density at radius 1 is 0.308 bits per heavy atom. The van der Waals surface area contributed by atoms with Gasteiger partial charge in [-0.05, 0) is 25.7 Å². The first-order chi connectivity index (χ1) is 38.5. The van der Waals surface area contributed by atoms with Crippen LogP contribution in [0.25, 0.3) is 0 Å². The molecule has 0 saturated carbocycles. The zero-order valence-corrected chi connectivity index (χ0v) is 53.4.